The van der Waals surface area contributed by atoms with Gasteiger partial charge in [0.2, 0.25) is 0 Å². The van der Waals surface area contributed by atoms with Crippen LogP contribution in [0.4, 0.5) is 11.4 Å². The van der Waals surface area contributed by atoms with E-state index in [9.17, 15) is 4.79 Å². The molecule has 0 fully saturated rings. The molecule has 2 aromatic rings. The van der Waals surface area contributed by atoms with Gasteiger partial charge in [0.15, 0.2) is 0 Å². The van der Waals surface area contributed by atoms with Gasteiger partial charge in [-0.25, -0.2) is 0 Å². The zero-order chi connectivity index (χ0) is 14.9. The lowest BCUT2D eigenvalue weighted by Gasteiger charge is -2.12. The molecule has 0 aliphatic rings. The van der Waals surface area contributed by atoms with Crippen LogP contribution in [0.25, 0.3) is 0 Å². The van der Waals surface area contributed by atoms with Crippen LogP contribution in [0.1, 0.15) is 21.5 Å². The predicted molar refractivity (Wildman–Crippen MR) is 84.7 cm³/mol. The highest BCUT2D eigenvalue weighted by Crippen LogP contribution is 2.29. The third-order valence-corrected chi connectivity index (χ3v) is 3.75. The average Bonchev–Trinajstić information content (AvgIpc) is 2.35. The van der Waals surface area contributed by atoms with Gasteiger partial charge in [0.05, 0.1) is 16.3 Å². The Labute approximate surface area is 127 Å². The Morgan fingerprint density at radius 3 is 2.45 bits per heavy atom. The van der Waals surface area contributed by atoms with E-state index < -0.39 is 0 Å². The van der Waals surface area contributed by atoms with E-state index >= 15 is 0 Å². The zero-order valence-corrected chi connectivity index (χ0v) is 12.6. The van der Waals surface area contributed by atoms with Crippen molar-refractivity contribution in [2.75, 3.05) is 11.1 Å². The molecule has 0 atom stereocenters. The number of carbonyl (C=O) groups excluding carboxylic acids is 1. The first-order chi connectivity index (χ1) is 9.40. The predicted octanol–water partition coefficient (Wildman–Crippen LogP) is 4.44. The first kappa shape index (κ1) is 14.7. The smallest absolute Gasteiger partial charge is 0.258 e. The van der Waals surface area contributed by atoms with Gasteiger partial charge in [-0.3, -0.25) is 4.79 Å². The lowest BCUT2D eigenvalue weighted by Crippen LogP contribution is -2.16. The fourth-order valence-electron chi connectivity index (χ4n) is 1.93. The van der Waals surface area contributed by atoms with Gasteiger partial charge >= 0.3 is 0 Å². The molecule has 1 amide bonds. The van der Waals surface area contributed by atoms with Gasteiger partial charge in [-0.15, -0.1) is 0 Å². The van der Waals surface area contributed by atoms with Crippen LogP contribution >= 0.6 is 23.2 Å². The van der Waals surface area contributed by atoms with E-state index in [0.29, 0.717) is 27.0 Å². The molecular weight excluding hydrogens is 295 g/mol. The van der Waals surface area contributed by atoms with Gasteiger partial charge in [0.25, 0.3) is 5.91 Å². The molecule has 0 aliphatic carbocycles. The highest BCUT2D eigenvalue weighted by atomic mass is 35.5. The van der Waals surface area contributed by atoms with Crippen LogP contribution in [0.5, 0.6) is 0 Å². The largest absolute Gasteiger partial charge is 0.398 e. The lowest BCUT2D eigenvalue weighted by molar-refractivity contribution is 0.102. The van der Waals surface area contributed by atoms with Crippen LogP contribution in [-0.4, -0.2) is 5.91 Å². The number of nitrogens with two attached hydrogens (primary N) is 1. The van der Waals surface area contributed by atoms with E-state index in [4.69, 9.17) is 28.9 Å². The third kappa shape index (κ3) is 2.89. The van der Waals surface area contributed by atoms with Crippen LogP contribution in [0.15, 0.2) is 30.3 Å². The standard InChI is InChI=1S/C15H14Cl2N2O/c1-8-4-3-5-12(18)14(8)15(20)19-13-7-10(16)9(2)6-11(13)17/h3-7H,18H2,1-2H3,(H,19,20). The van der Waals surface area contributed by atoms with Crippen molar-refractivity contribution in [3.63, 3.8) is 0 Å². The summed E-state index contributed by atoms with van der Waals surface area (Å²) < 4.78 is 0. The van der Waals surface area contributed by atoms with Crippen LogP contribution in [-0.2, 0) is 0 Å². The third-order valence-electron chi connectivity index (χ3n) is 3.03. The monoisotopic (exact) mass is 308 g/mol. The quantitative estimate of drug-likeness (QED) is 0.806. The number of aryl methyl sites for hydroxylation is 2. The molecule has 0 radical (unpaired) electrons. The topological polar surface area (TPSA) is 55.1 Å². The summed E-state index contributed by atoms with van der Waals surface area (Å²) in [4.78, 5) is 12.3. The minimum atomic E-state index is -0.303. The van der Waals surface area contributed by atoms with Crippen molar-refractivity contribution in [3.05, 3.63) is 57.1 Å². The van der Waals surface area contributed by atoms with Crippen LogP contribution in [0, 0.1) is 13.8 Å². The number of carbonyl (C=O) groups is 1. The van der Waals surface area contributed by atoms with Crippen LogP contribution < -0.4 is 11.1 Å². The molecule has 0 bridgehead atoms. The van der Waals surface area contributed by atoms with Gasteiger partial charge in [-0.05, 0) is 43.2 Å². The van der Waals surface area contributed by atoms with E-state index in [1.807, 2.05) is 19.9 Å². The molecule has 104 valence electrons. The summed E-state index contributed by atoms with van der Waals surface area (Å²) in [6, 6.07) is 8.66. The average molecular weight is 309 g/mol. The van der Waals surface area contributed by atoms with Crippen molar-refractivity contribution in [2.45, 2.75) is 13.8 Å². The Balaban J connectivity index is 2.35. The highest BCUT2D eigenvalue weighted by molar-refractivity contribution is 6.36. The second kappa shape index (κ2) is 5.73. The van der Waals surface area contributed by atoms with Gasteiger partial charge in [0, 0.05) is 10.7 Å². The van der Waals surface area contributed by atoms with Crippen LogP contribution in [0.3, 0.4) is 0 Å². The lowest BCUT2D eigenvalue weighted by atomic mass is 10.1. The number of halogens is 2. The molecule has 2 aromatic carbocycles. The summed E-state index contributed by atoms with van der Waals surface area (Å²) >= 11 is 12.2. The summed E-state index contributed by atoms with van der Waals surface area (Å²) in [6.07, 6.45) is 0. The summed E-state index contributed by atoms with van der Waals surface area (Å²) in [5, 5.41) is 3.72. The van der Waals surface area contributed by atoms with Gasteiger partial charge in [-0.2, -0.15) is 0 Å². The molecular formula is C15H14Cl2N2O. The maximum absolute atomic E-state index is 12.3. The van der Waals surface area contributed by atoms with Crippen LogP contribution in [0.2, 0.25) is 10.0 Å². The summed E-state index contributed by atoms with van der Waals surface area (Å²) in [5.41, 5.74) is 8.84. The Bertz CT molecular complexity index is 664. The first-order valence-corrected chi connectivity index (χ1v) is 6.78. The normalized spacial score (nSPS) is 10.4. The maximum atomic E-state index is 12.3. The number of rotatable bonds is 2. The van der Waals surface area contributed by atoms with E-state index in [2.05, 4.69) is 5.32 Å². The Kier molecular flexibility index (Phi) is 4.21. The summed E-state index contributed by atoms with van der Waals surface area (Å²) in [7, 11) is 0. The Morgan fingerprint density at radius 1 is 1.10 bits per heavy atom. The van der Waals surface area contributed by atoms with E-state index in [0.717, 1.165) is 11.1 Å². The second-order valence-corrected chi connectivity index (χ2v) is 5.39. The first-order valence-electron chi connectivity index (χ1n) is 6.02. The van der Waals surface area contributed by atoms with Gasteiger partial charge in [-0.1, -0.05) is 35.3 Å². The van der Waals surface area contributed by atoms with Gasteiger partial charge < -0.3 is 11.1 Å². The molecule has 3 nitrogen and oxygen atoms in total. The number of anilines is 2. The number of hydrogen-bond donors (Lipinski definition) is 2. The zero-order valence-electron chi connectivity index (χ0n) is 11.1. The van der Waals surface area contributed by atoms with Crippen molar-refractivity contribution >= 4 is 40.5 Å². The van der Waals surface area contributed by atoms with Crippen molar-refractivity contribution in [1.29, 1.82) is 0 Å². The molecule has 3 N–H and O–H groups in total. The van der Waals surface area contributed by atoms with E-state index in [-0.39, 0.29) is 5.91 Å². The van der Waals surface area contributed by atoms with E-state index in [1.165, 1.54) is 0 Å². The Morgan fingerprint density at radius 2 is 1.80 bits per heavy atom. The molecule has 0 unspecified atom stereocenters. The van der Waals surface area contributed by atoms with Crippen molar-refractivity contribution in [3.8, 4) is 0 Å². The van der Waals surface area contributed by atoms with Crippen molar-refractivity contribution < 1.29 is 4.79 Å². The second-order valence-electron chi connectivity index (χ2n) is 4.57. The molecule has 0 aliphatic heterocycles. The molecule has 0 saturated carbocycles. The SMILES string of the molecule is Cc1cc(Cl)c(NC(=O)c2c(C)cccc2N)cc1Cl. The summed E-state index contributed by atoms with van der Waals surface area (Å²) in [6.45, 7) is 3.67. The van der Waals surface area contributed by atoms with E-state index in [1.54, 1.807) is 24.3 Å². The van der Waals surface area contributed by atoms with Gasteiger partial charge in [0.1, 0.15) is 0 Å². The molecule has 0 heterocycles. The molecule has 0 saturated heterocycles. The number of benzene rings is 2. The fraction of sp³-hybridized carbons (Fsp3) is 0.133. The maximum Gasteiger partial charge on any atom is 0.258 e. The molecule has 0 spiro atoms. The minimum Gasteiger partial charge on any atom is -0.398 e. The van der Waals surface area contributed by atoms with Crippen molar-refractivity contribution in [1.82, 2.24) is 0 Å². The van der Waals surface area contributed by atoms with Crippen molar-refractivity contribution in [2.24, 2.45) is 0 Å². The molecule has 20 heavy (non-hydrogen) atoms. The number of amides is 1. The molecule has 2 rings (SSSR count). The number of nitrogens with one attached hydrogen (secondary N) is 1. The highest BCUT2D eigenvalue weighted by Gasteiger charge is 2.14. The molecule has 0 aromatic heterocycles. The fourth-order valence-corrected chi connectivity index (χ4v) is 2.36. The molecule has 5 heteroatoms. The number of hydrogen-bond acceptors (Lipinski definition) is 2. The Hall–Kier alpha value is -1.71. The minimum absolute atomic E-state index is 0.303. The summed E-state index contributed by atoms with van der Waals surface area (Å²) in [5.74, 6) is -0.303. The number of nitrogen functional groups attached to an aromatic ring is 1.